The van der Waals surface area contributed by atoms with Crippen molar-refractivity contribution < 1.29 is 14.0 Å². The first-order chi connectivity index (χ1) is 14.1. The molecule has 0 saturated carbocycles. The highest BCUT2D eigenvalue weighted by molar-refractivity contribution is 6.74. The van der Waals surface area contributed by atoms with E-state index >= 15 is 0 Å². The maximum absolute atomic E-state index is 13.1. The summed E-state index contributed by atoms with van der Waals surface area (Å²) < 4.78 is 12.2. The Morgan fingerprint density at radius 2 is 1.67 bits per heavy atom. The number of piperidine rings is 1. The number of methoxy groups -OCH3 is 1. The molecule has 162 valence electrons. The van der Waals surface area contributed by atoms with E-state index in [9.17, 15) is 4.79 Å². The summed E-state index contributed by atoms with van der Waals surface area (Å²) in [5, 5.41) is 0.122. The molecule has 0 N–H and O–H groups in total. The summed E-state index contributed by atoms with van der Waals surface area (Å²) in [5.74, 6) is 1.01. The lowest BCUT2D eigenvalue weighted by Crippen LogP contribution is -2.51. The van der Waals surface area contributed by atoms with Crippen molar-refractivity contribution in [3.05, 3.63) is 65.7 Å². The van der Waals surface area contributed by atoms with E-state index < -0.39 is 8.32 Å². The van der Waals surface area contributed by atoms with E-state index in [4.69, 9.17) is 9.16 Å². The summed E-state index contributed by atoms with van der Waals surface area (Å²) in [6, 6.07) is 18.2. The highest BCUT2D eigenvalue weighted by Gasteiger charge is 2.44. The molecule has 1 amide bonds. The van der Waals surface area contributed by atoms with E-state index in [0.29, 0.717) is 13.0 Å². The Balaban J connectivity index is 1.94. The van der Waals surface area contributed by atoms with E-state index in [1.54, 1.807) is 7.11 Å². The maximum atomic E-state index is 13.1. The maximum Gasteiger partial charge on any atom is 0.223 e. The number of rotatable bonds is 6. The van der Waals surface area contributed by atoms with Gasteiger partial charge in [-0.15, -0.1) is 0 Å². The van der Waals surface area contributed by atoms with Gasteiger partial charge in [0, 0.05) is 13.0 Å². The minimum atomic E-state index is -1.98. The number of hydrogen-bond acceptors (Lipinski definition) is 3. The van der Waals surface area contributed by atoms with E-state index in [1.165, 1.54) is 0 Å². The average Bonchev–Trinajstić information content (AvgIpc) is 2.70. The number of carbonyl (C=O) groups excluding carboxylic acids is 1. The Kier molecular flexibility index (Phi) is 6.73. The van der Waals surface area contributed by atoms with Crippen LogP contribution < -0.4 is 4.74 Å². The minimum Gasteiger partial charge on any atom is -0.497 e. The van der Waals surface area contributed by atoms with Crippen LogP contribution in [-0.4, -0.2) is 32.3 Å². The quantitative estimate of drug-likeness (QED) is 0.537. The molecule has 1 saturated heterocycles. The topological polar surface area (TPSA) is 38.8 Å². The fourth-order valence-corrected chi connectivity index (χ4v) is 5.12. The average molecular weight is 426 g/mol. The molecule has 1 heterocycles. The van der Waals surface area contributed by atoms with Crippen molar-refractivity contribution in [3.63, 3.8) is 0 Å². The first-order valence-corrected chi connectivity index (χ1v) is 13.7. The first kappa shape index (κ1) is 22.6. The molecule has 4 nitrogen and oxygen atoms in total. The second kappa shape index (κ2) is 8.94. The lowest BCUT2D eigenvalue weighted by atomic mass is 9.91. The molecule has 30 heavy (non-hydrogen) atoms. The second-order valence-electron chi connectivity index (χ2n) is 9.68. The van der Waals surface area contributed by atoms with Crippen molar-refractivity contribution in [2.75, 3.05) is 7.11 Å². The molecular formula is C25H35NO3Si. The molecule has 1 aliphatic heterocycles. The SMILES string of the molecule is COc1ccc(CN2C(=O)CC[C@@H](O[Si](C)(C)C(C)(C)C)[C@H]2c2ccccc2)cc1. The predicted octanol–water partition coefficient (Wildman–Crippen LogP) is 5.95. The lowest BCUT2D eigenvalue weighted by molar-refractivity contribution is -0.142. The molecule has 2 aromatic carbocycles. The van der Waals surface area contributed by atoms with E-state index in [0.717, 1.165) is 23.3 Å². The van der Waals surface area contributed by atoms with E-state index in [1.807, 2.05) is 47.4 Å². The summed E-state index contributed by atoms with van der Waals surface area (Å²) in [4.78, 5) is 15.1. The number of ether oxygens (including phenoxy) is 1. The zero-order valence-corrected chi connectivity index (χ0v) is 20.1. The van der Waals surface area contributed by atoms with Crippen LogP contribution >= 0.6 is 0 Å². The fraction of sp³-hybridized carbons (Fsp3) is 0.480. The van der Waals surface area contributed by atoms with Crippen molar-refractivity contribution in [1.29, 1.82) is 0 Å². The van der Waals surface area contributed by atoms with Gasteiger partial charge in [-0.1, -0.05) is 63.2 Å². The van der Waals surface area contributed by atoms with Crippen LogP contribution in [0.2, 0.25) is 18.1 Å². The van der Waals surface area contributed by atoms with Gasteiger partial charge in [0.15, 0.2) is 8.32 Å². The fourth-order valence-electron chi connectivity index (χ4n) is 3.76. The van der Waals surface area contributed by atoms with Crippen molar-refractivity contribution in [1.82, 2.24) is 4.90 Å². The molecular weight excluding hydrogens is 390 g/mol. The van der Waals surface area contributed by atoms with Crippen LogP contribution in [0.15, 0.2) is 54.6 Å². The van der Waals surface area contributed by atoms with Gasteiger partial charge < -0.3 is 14.1 Å². The van der Waals surface area contributed by atoms with E-state index in [2.05, 4.69) is 46.0 Å². The monoisotopic (exact) mass is 425 g/mol. The van der Waals surface area contributed by atoms with Gasteiger partial charge in [0.25, 0.3) is 0 Å². The van der Waals surface area contributed by atoms with Gasteiger partial charge in [0.1, 0.15) is 5.75 Å². The smallest absolute Gasteiger partial charge is 0.223 e. The molecule has 0 spiro atoms. The molecule has 5 heteroatoms. The van der Waals surface area contributed by atoms with Gasteiger partial charge >= 0.3 is 0 Å². The summed E-state index contributed by atoms with van der Waals surface area (Å²) >= 11 is 0. The highest BCUT2D eigenvalue weighted by atomic mass is 28.4. The van der Waals surface area contributed by atoms with Gasteiger partial charge in [0.2, 0.25) is 5.91 Å². The van der Waals surface area contributed by atoms with Crippen LogP contribution in [0.5, 0.6) is 5.75 Å². The van der Waals surface area contributed by atoms with Crippen LogP contribution in [-0.2, 0) is 15.8 Å². The lowest BCUT2D eigenvalue weighted by Gasteiger charge is -2.47. The van der Waals surface area contributed by atoms with Crippen LogP contribution in [0.3, 0.4) is 0 Å². The highest BCUT2D eigenvalue weighted by Crippen LogP contribution is 2.42. The zero-order valence-electron chi connectivity index (χ0n) is 19.1. The normalized spacial score (nSPS) is 20.3. The van der Waals surface area contributed by atoms with Crippen LogP contribution in [0.25, 0.3) is 0 Å². The summed E-state index contributed by atoms with van der Waals surface area (Å²) in [6.45, 7) is 11.9. The molecule has 3 rings (SSSR count). The Morgan fingerprint density at radius 3 is 2.23 bits per heavy atom. The van der Waals surface area contributed by atoms with Crippen molar-refractivity contribution >= 4 is 14.2 Å². The van der Waals surface area contributed by atoms with Gasteiger partial charge in [-0.25, -0.2) is 0 Å². The number of carbonyl (C=O) groups is 1. The van der Waals surface area contributed by atoms with Crippen LogP contribution in [0, 0.1) is 0 Å². The van der Waals surface area contributed by atoms with Gasteiger partial charge in [-0.05, 0) is 47.8 Å². The number of hydrogen-bond donors (Lipinski definition) is 0. The van der Waals surface area contributed by atoms with Crippen molar-refractivity contribution in [3.8, 4) is 5.75 Å². The largest absolute Gasteiger partial charge is 0.497 e. The molecule has 1 aliphatic rings. The van der Waals surface area contributed by atoms with Gasteiger partial charge in [-0.2, -0.15) is 0 Å². The summed E-state index contributed by atoms with van der Waals surface area (Å²) in [7, 11) is -0.313. The number of nitrogens with zero attached hydrogens (tertiary/aromatic N) is 1. The standard InChI is InChI=1S/C25H35NO3Si/c1-25(2,3)30(5,6)29-22-16-17-23(27)26(24(22)20-10-8-7-9-11-20)18-19-12-14-21(28-4)15-13-19/h7-15,22,24H,16-18H2,1-6H3/t22-,24-/m1/s1. The molecule has 0 aromatic heterocycles. The molecule has 0 unspecified atom stereocenters. The van der Waals surface area contributed by atoms with Crippen molar-refractivity contribution in [2.24, 2.45) is 0 Å². The van der Waals surface area contributed by atoms with Gasteiger partial charge in [-0.3, -0.25) is 4.79 Å². The van der Waals surface area contributed by atoms with E-state index in [-0.39, 0.29) is 23.1 Å². The molecule has 1 fully saturated rings. The molecule has 0 bridgehead atoms. The third-order valence-electron chi connectivity index (χ3n) is 6.56. The van der Waals surface area contributed by atoms with Crippen molar-refractivity contribution in [2.45, 2.75) is 70.4 Å². The number of benzene rings is 2. The second-order valence-corrected chi connectivity index (χ2v) is 14.4. The number of amides is 1. The summed E-state index contributed by atoms with van der Waals surface area (Å²) in [6.07, 6.45) is 1.30. The van der Waals surface area contributed by atoms with Crippen LogP contribution in [0.4, 0.5) is 0 Å². The zero-order chi connectivity index (χ0) is 21.9. The first-order valence-electron chi connectivity index (χ1n) is 10.8. The number of likely N-dealkylation sites (tertiary alicyclic amines) is 1. The van der Waals surface area contributed by atoms with Gasteiger partial charge in [0.05, 0.1) is 19.3 Å². The minimum absolute atomic E-state index is 0.00393. The third kappa shape index (κ3) is 4.95. The third-order valence-corrected chi connectivity index (χ3v) is 11.1. The predicted molar refractivity (Wildman–Crippen MR) is 124 cm³/mol. The Hall–Kier alpha value is -2.11. The van der Waals surface area contributed by atoms with Crippen LogP contribution in [0.1, 0.15) is 50.8 Å². The molecule has 2 atom stereocenters. The summed E-state index contributed by atoms with van der Waals surface area (Å²) in [5.41, 5.74) is 2.24. The molecule has 0 radical (unpaired) electrons. The Labute approximate surface area is 182 Å². The molecule has 2 aromatic rings. The Morgan fingerprint density at radius 1 is 1.03 bits per heavy atom. The Bertz CT molecular complexity index is 843. The molecule has 0 aliphatic carbocycles.